The number of nitrogens with zero attached hydrogens (tertiary/aromatic N) is 2. The van der Waals surface area contributed by atoms with Crippen LogP contribution >= 0.6 is 0 Å². The molecule has 0 bridgehead atoms. The number of aromatic carboxylic acids is 1. The Bertz CT molecular complexity index is 717. The molecule has 1 atom stereocenters. The lowest BCUT2D eigenvalue weighted by Gasteiger charge is -2.37. The average molecular weight is 362 g/mol. The molecule has 1 aromatic rings. The Labute approximate surface area is 153 Å². The van der Waals surface area contributed by atoms with E-state index in [2.05, 4.69) is 0 Å². The molecule has 0 aromatic heterocycles. The Morgan fingerprint density at radius 3 is 2.58 bits per heavy atom. The largest absolute Gasteiger partial charge is 0.489 e. The predicted octanol–water partition coefficient (Wildman–Crippen LogP) is 2.74. The monoisotopic (exact) mass is 362 g/mol. The summed E-state index contributed by atoms with van der Waals surface area (Å²) in [5, 5.41) is 11.0. The zero-order valence-electron chi connectivity index (χ0n) is 15.9. The molecule has 2 rings (SSSR count). The van der Waals surface area contributed by atoms with E-state index in [4.69, 9.17) is 9.57 Å². The number of carboxylic acids is 1. The zero-order chi connectivity index (χ0) is 19.5. The van der Waals surface area contributed by atoms with Crippen molar-refractivity contribution >= 4 is 17.6 Å². The fraction of sp³-hybridized carbons (Fsp3) is 0.526. The molecule has 1 aliphatic heterocycles. The average Bonchev–Trinajstić information content (AvgIpc) is 2.54. The molecule has 7 nitrogen and oxygen atoms in total. The number of carbonyl (C=O) groups is 1. The van der Waals surface area contributed by atoms with Gasteiger partial charge in [-0.2, -0.15) is 0 Å². The number of carbonyl (C=O) groups excluding carboxylic acids is 1. The quantitative estimate of drug-likeness (QED) is 0.807. The summed E-state index contributed by atoms with van der Waals surface area (Å²) in [6, 6.07) is 4.96. The third kappa shape index (κ3) is 5.00. The van der Waals surface area contributed by atoms with E-state index in [1.807, 2.05) is 45.7 Å². The minimum Gasteiger partial charge on any atom is -0.489 e. The lowest BCUT2D eigenvalue weighted by molar-refractivity contribution is -0.217. The van der Waals surface area contributed by atoms with Crippen LogP contribution < -0.4 is 9.64 Å². The van der Waals surface area contributed by atoms with Crippen molar-refractivity contribution in [1.29, 1.82) is 0 Å². The molecule has 142 valence electrons. The molecule has 1 aromatic carbocycles. The highest BCUT2D eigenvalue weighted by molar-refractivity contribution is 5.91. The smallest absolute Gasteiger partial charge is 0.339 e. The number of carboxylic acid groups (broad SMARTS) is 1. The first kappa shape index (κ1) is 19.8. The van der Waals surface area contributed by atoms with Crippen LogP contribution in [0, 0.1) is 0 Å². The summed E-state index contributed by atoms with van der Waals surface area (Å²) in [5.41, 5.74) is 0.883. The number of hydrogen-bond acceptors (Lipinski definition) is 6. The van der Waals surface area contributed by atoms with Gasteiger partial charge in [-0.1, -0.05) is 0 Å². The summed E-state index contributed by atoms with van der Waals surface area (Å²) in [6.07, 6.45) is 0.596. The Morgan fingerprint density at radius 2 is 2.04 bits per heavy atom. The van der Waals surface area contributed by atoms with Gasteiger partial charge in [-0.15, -0.1) is 0 Å². The summed E-state index contributed by atoms with van der Waals surface area (Å²) < 4.78 is 5.96. The normalized spacial score (nSPS) is 17.7. The van der Waals surface area contributed by atoms with Crippen molar-refractivity contribution in [3.8, 4) is 5.75 Å². The maximum atomic E-state index is 11.5. The molecule has 0 spiro atoms. The van der Waals surface area contributed by atoms with Crippen LogP contribution in [0.5, 0.6) is 5.75 Å². The van der Waals surface area contributed by atoms with Gasteiger partial charge in [0.1, 0.15) is 29.1 Å². The van der Waals surface area contributed by atoms with Crippen molar-refractivity contribution in [3.05, 3.63) is 29.5 Å². The number of piperidine rings is 1. The van der Waals surface area contributed by atoms with Gasteiger partial charge < -0.3 is 14.7 Å². The molecule has 1 heterocycles. The first-order chi connectivity index (χ1) is 12.1. The van der Waals surface area contributed by atoms with Gasteiger partial charge in [0.15, 0.2) is 0 Å². The highest BCUT2D eigenvalue weighted by Crippen LogP contribution is 2.30. The zero-order valence-corrected chi connectivity index (χ0v) is 15.9. The molecule has 0 amide bonds. The molecular weight excluding hydrogens is 336 g/mol. The number of ether oxygens (including phenoxy) is 1. The van der Waals surface area contributed by atoms with Crippen LogP contribution in [-0.4, -0.2) is 54.4 Å². The van der Waals surface area contributed by atoms with Gasteiger partial charge in [-0.25, -0.2) is 14.7 Å². The van der Waals surface area contributed by atoms with E-state index in [-0.39, 0.29) is 11.7 Å². The minimum atomic E-state index is -1.05. The molecule has 1 fully saturated rings. The van der Waals surface area contributed by atoms with Gasteiger partial charge >= 0.3 is 5.97 Å². The molecule has 0 aliphatic carbocycles. The molecule has 1 unspecified atom stereocenters. The van der Waals surface area contributed by atoms with Gasteiger partial charge in [0.25, 0.3) is 0 Å². The highest BCUT2D eigenvalue weighted by atomic mass is 16.7. The lowest BCUT2D eigenvalue weighted by Crippen LogP contribution is -2.41. The number of anilines is 1. The summed E-state index contributed by atoms with van der Waals surface area (Å²) in [4.78, 5) is 30.5. The number of hydroxylamine groups is 2. The predicted molar refractivity (Wildman–Crippen MR) is 98.1 cm³/mol. The molecular formula is C19H26N2O5. The molecule has 0 saturated carbocycles. The topological polar surface area (TPSA) is 79.3 Å². The first-order valence-corrected chi connectivity index (χ1v) is 8.52. The summed E-state index contributed by atoms with van der Waals surface area (Å²) in [5.74, 6) is 1.17. The van der Waals surface area contributed by atoms with Gasteiger partial charge in [0.05, 0.1) is 5.60 Å². The maximum absolute atomic E-state index is 11.5. The lowest BCUT2D eigenvalue weighted by atomic mass is 10.1. The van der Waals surface area contributed by atoms with Crippen molar-refractivity contribution in [2.24, 2.45) is 0 Å². The van der Waals surface area contributed by atoms with Crippen molar-refractivity contribution in [3.63, 3.8) is 0 Å². The second-order valence-corrected chi connectivity index (χ2v) is 7.47. The van der Waals surface area contributed by atoms with E-state index in [0.29, 0.717) is 30.8 Å². The maximum Gasteiger partial charge on any atom is 0.339 e. The summed E-state index contributed by atoms with van der Waals surface area (Å²) in [7, 11) is 3.74. The van der Waals surface area contributed by atoms with Crippen LogP contribution in [0.15, 0.2) is 23.9 Å². The van der Waals surface area contributed by atoms with Crippen LogP contribution in [0.3, 0.4) is 0 Å². The Hall–Kier alpha value is -2.50. The van der Waals surface area contributed by atoms with Gasteiger partial charge in [0.2, 0.25) is 0 Å². The third-order valence-corrected chi connectivity index (χ3v) is 3.88. The van der Waals surface area contributed by atoms with E-state index in [1.165, 1.54) is 6.07 Å². The Kier molecular flexibility index (Phi) is 5.95. The molecule has 7 heteroatoms. The van der Waals surface area contributed by atoms with Gasteiger partial charge in [0, 0.05) is 45.2 Å². The third-order valence-electron chi connectivity index (χ3n) is 3.88. The van der Waals surface area contributed by atoms with Crippen LogP contribution in [0.2, 0.25) is 0 Å². The fourth-order valence-corrected chi connectivity index (χ4v) is 2.68. The molecule has 1 saturated heterocycles. The van der Waals surface area contributed by atoms with Crippen molar-refractivity contribution in [2.45, 2.75) is 45.3 Å². The van der Waals surface area contributed by atoms with Crippen LogP contribution in [0.1, 0.15) is 44.0 Å². The van der Waals surface area contributed by atoms with Gasteiger partial charge in [-0.3, -0.25) is 4.84 Å². The van der Waals surface area contributed by atoms with E-state index in [0.717, 1.165) is 5.69 Å². The van der Waals surface area contributed by atoms with Crippen molar-refractivity contribution in [2.75, 3.05) is 25.5 Å². The molecule has 1 aliphatic rings. The van der Waals surface area contributed by atoms with E-state index in [1.54, 1.807) is 17.2 Å². The summed E-state index contributed by atoms with van der Waals surface area (Å²) in [6.45, 7) is 6.19. The number of benzene rings is 1. The van der Waals surface area contributed by atoms with Crippen LogP contribution in [0.4, 0.5) is 5.69 Å². The van der Waals surface area contributed by atoms with Crippen LogP contribution in [-0.2, 0) is 9.63 Å². The highest BCUT2D eigenvalue weighted by Gasteiger charge is 2.30. The first-order valence-electron chi connectivity index (χ1n) is 8.52. The van der Waals surface area contributed by atoms with E-state index < -0.39 is 11.6 Å². The standard InChI is InChI=1S/C19H26N2O5/c1-19(2,3)26-21-9-8-15(10-14(21)12-22)25-17-11-13(20(4)5)6-7-16(17)18(23)24/h6-7,11,15H,8-10H2,1-5H3,(H,23,24). The summed E-state index contributed by atoms with van der Waals surface area (Å²) >= 11 is 0. The second kappa shape index (κ2) is 7.81. The molecule has 26 heavy (non-hydrogen) atoms. The Balaban J connectivity index is 2.18. The minimum absolute atomic E-state index is 0.0978. The van der Waals surface area contributed by atoms with Crippen LogP contribution in [0.25, 0.3) is 0 Å². The fourth-order valence-electron chi connectivity index (χ4n) is 2.68. The van der Waals surface area contributed by atoms with Gasteiger partial charge in [-0.05, 0) is 32.9 Å². The number of rotatable bonds is 5. The van der Waals surface area contributed by atoms with Crippen molar-refractivity contribution in [1.82, 2.24) is 5.06 Å². The second-order valence-electron chi connectivity index (χ2n) is 7.47. The SMILES string of the molecule is CN(C)c1ccc(C(=O)O)c(OC2CCN(OC(C)(C)C)C(=C=O)C2)c1. The van der Waals surface area contributed by atoms with Crippen molar-refractivity contribution < 1.29 is 24.3 Å². The molecule has 1 N–H and O–H groups in total. The van der Waals surface area contributed by atoms with E-state index in [9.17, 15) is 14.7 Å². The molecule has 0 radical (unpaired) electrons. The Morgan fingerprint density at radius 1 is 1.35 bits per heavy atom. The number of hydrogen-bond donors (Lipinski definition) is 1. The van der Waals surface area contributed by atoms with E-state index >= 15 is 0 Å².